The molecule has 0 saturated heterocycles. The third-order valence-electron chi connectivity index (χ3n) is 3.85. The van der Waals surface area contributed by atoms with Gasteiger partial charge in [-0.2, -0.15) is 0 Å². The van der Waals surface area contributed by atoms with Crippen LogP contribution in [0.3, 0.4) is 0 Å². The predicted molar refractivity (Wildman–Crippen MR) is 110 cm³/mol. The van der Waals surface area contributed by atoms with Crippen molar-refractivity contribution in [3.8, 4) is 0 Å². The Morgan fingerprint density at radius 1 is 0.966 bits per heavy atom. The molecule has 2 aromatic carbocycles. The number of carbonyl (C=O) groups excluding carboxylic acids is 2. The first-order valence-electron chi connectivity index (χ1n) is 9.33. The van der Waals surface area contributed by atoms with E-state index in [9.17, 15) is 14.4 Å². The van der Waals surface area contributed by atoms with E-state index < -0.39 is 18.1 Å². The second kappa shape index (κ2) is 13.1. The maximum Gasteiger partial charge on any atom is 0.326 e. The molecule has 0 fully saturated rings. The molecular weight excluding hydrogens is 372 g/mol. The molecule has 0 bridgehead atoms. The first kappa shape index (κ1) is 23.8. The molecule has 2 aromatic rings. The van der Waals surface area contributed by atoms with Gasteiger partial charge >= 0.3 is 11.9 Å². The van der Waals surface area contributed by atoms with Crippen molar-refractivity contribution >= 4 is 17.8 Å². The monoisotopic (exact) mass is 400 g/mol. The Morgan fingerprint density at radius 2 is 1.45 bits per heavy atom. The zero-order valence-electron chi connectivity index (χ0n) is 16.7. The van der Waals surface area contributed by atoms with Crippen LogP contribution in [0.15, 0.2) is 60.7 Å². The molecule has 0 aromatic heterocycles. The van der Waals surface area contributed by atoms with Crippen molar-refractivity contribution in [2.75, 3.05) is 6.61 Å². The van der Waals surface area contributed by atoms with Crippen LogP contribution >= 0.6 is 0 Å². The van der Waals surface area contributed by atoms with Gasteiger partial charge in [0.05, 0.1) is 6.61 Å². The number of nitrogens with one attached hydrogen (secondary N) is 1. The summed E-state index contributed by atoms with van der Waals surface area (Å²) in [6.07, 6.45) is 0.829. The Morgan fingerprint density at radius 3 is 1.86 bits per heavy atom. The van der Waals surface area contributed by atoms with Crippen LogP contribution in [0, 0.1) is 0 Å². The first-order valence-corrected chi connectivity index (χ1v) is 9.33. The molecule has 0 aliphatic carbocycles. The molecule has 156 valence electrons. The van der Waals surface area contributed by atoms with Gasteiger partial charge in [0.1, 0.15) is 12.1 Å². The maximum atomic E-state index is 11.2. The summed E-state index contributed by atoms with van der Waals surface area (Å²) in [6, 6.07) is 17.4. The highest BCUT2D eigenvalue weighted by Gasteiger charge is 2.18. The van der Waals surface area contributed by atoms with E-state index in [1.807, 2.05) is 60.7 Å². The lowest BCUT2D eigenvalue weighted by atomic mass is 10.1. The fraction of sp³-hybridized carbons (Fsp3) is 0.318. The van der Waals surface area contributed by atoms with Crippen LogP contribution < -0.4 is 11.1 Å². The molecule has 0 aliphatic rings. The molecule has 29 heavy (non-hydrogen) atoms. The highest BCUT2D eigenvalue weighted by Crippen LogP contribution is 2.04. The van der Waals surface area contributed by atoms with Gasteiger partial charge in [-0.25, -0.2) is 4.79 Å². The molecule has 7 nitrogen and oxygen atoms in total. The number of esters is 1. The van der Waals surface area contributed by atoms with Gasteiger partial charge in [0.25, 0.3) is 0 Å². The van der Waals surface area contributed by atoms with Gasteiger partial charge in [-0.3, -0.25) is 9.59 Å². The van der Waals surface area contributed by atoms with Crippen molar-refractivity contribution in [1.29, 1.82) is 0 Å². The van der Waals surface area contributed by atoms with E-state index in [1.165, 1.54) is 6.92 Å². The van der Waals surface area contributed by atoms with Gasteiger partial charge in [-0.1, -0.05) is 60.7 Å². The van der Waals surface area contributed by atoms with Crippen LogP contribution in [-0.2, 0) is 32.0 Å². The van der Waals surface area contributed by atoms with Crippen LogP contribution in [0.1, 0.15) is 25.0 Å². The van der Waals surface area contributed by atoms with Crippen molar-refractivity contribution in [2.45, 2.75) is 38.8 Å². The second-order valence-corrected chi connectivity index (χ2v) is 6.33. The molecule has 0 aliphatic heterocycles. The molecule has 0 saturated carbocycles. The van der Waals surface area contributed by atoms with Gasteiger partial charge in [-0.15, -0.1) is 0 Å². The molecule has 0 unspecified atom stereocenters. The number of hydrogen-bond donors (Lipinski definition) is 3. The summed E-state index contributed by atoms with van der Waals surface area (Å²) in [5.41, 5.74) is 7.60. The summed E-state index contributed by atoms with van der Waals surface area (Å²) in [4.78, 5) is 32.8. The van der Waals surface area contributed by atoms with Crippen LogP contribution in [0.5, 0.6) is 0 Å². The van der Waals surface area contributed by atoms with Gasteiger partial charge < -0.3 is 20.9 Å². The predicted octanol–water partition coefficient (Wildman–Crippen LogP) is 1.94. The average Bonchev–Trinajstić information content (AvgIpc) is 2.69. The number of hydrogen-bond acceptors (Lipinski definition) is 5. The molecule has 0 spiro atoms. The smallest absolute Gasteiger partial charge is 0.326 e. The van der Waals surface area contributed by atoms with E-state index in [2.05, 4.69) is 5.32 Å². The van der Waals surface area contributed by atoms with E-state index >= 15 is 0 Å². The Kier molecular flexibility index (Phi) is 10.7. The van der Waals surface area contributed by atoms with Crippen LogP contribution in [0.4, 0.5) is 0 Å². The Bertz CT molecular complexity index is 765. The van der Waals surface area contributed by atoms with Gasteiger partial charge in [0.2, 0.25) is 5.91 Å². The number of nitrogens with two attached hydrogens (primary N) is 1. The minimum absolute atomic E-state index is 0.301. The average molecular weight is 400 g/mol. The van der Waals surface area contributed by atoms with Crippen molar-refractivity contribution in [2.24, 2.45) is 5.73 Å². The van der Waals surface area contributed by atoms with Crippen molar-refractivity contribution in [1.82, 2.24) is 5.32 Å². The zero-order chi connectivity index (χ0) is 21.6. The topological polar surface area (TPSA) is 119 Å². The molecule has 0 heterocycles. The standard InChI is InChI=1S/C11H13NO3.C11H15NO2/c1-8(13)12-10(11(14)15)7-9-5-3-2-4-6-9;1-2-14-11(13)10(12)8-9-6-4-3-5-7-9/h2-6,10H,7H2,1H3,(H,12,13)(H,14,15);3-7,10H,2,8,12H2,1H3/t2*10-/m10/s1. The van der Waals surface area contributed by atoms with Crippen LogP contribution in [0.2, 0.25) is 0 Å². The van der Waals surface area contributed by atoms with E-state index in [-0.39, 0.29) is 11.9 Å². The van der Waals surface area contributed by atoms with Gasteiger partial charge in [-0.05, 0) is 24.5 Å². The SMILES string of the molecule is CC(=O)N[C@H](Cc1ccccc1)C(=O)O.CCOC(=O)[C@@H](N)Cc1ccccc1. The van der Waals surface area contributed by atoms with E-state index in [1.54, 1.807) is 6.92 Å². The molecule has 2 atom stereocenters. The number of carboxylic acids is 1. The molecule has 2 rings (SSSR count). The lowest BCUT2D eigenvalue weighted by Gasteiger charge is -2.12. The summed E-state index contributed by atoms with van der Waals surface area (Å²) in [6.45, 7) is 3.45. The summed E-state index contributed by atoms with van der Waals surface area (Å²) >= 11 is 0. The third-order valence-corrected chi connectivity index (χ3v) is 3.85. The largest absolute Gasteiger partial charge is 0.480 e. The Balaban J connectivity index is 0.000000291. The van der Waals surface area contributed by atoms with Crippen molar-refractivity contribution < 1.29 is 24.2 Å². The van der Waals surface area contributed by atoms with E-state index in [0.717, 1.165) is 11.1 Å². The lowest BCUT2D eigenvalue weighted by Crippen LogP contribution is -2.41. The molecule has 1 amide bonds. The van der Waals surface area contributed by atoms with Gasteiger partial charge in [0, 0.05) is 13.3 Å². The zero-order valence-corrected chi connectivity index (χ0v) is 16.7. The van der Waals surface area contributed by atoms with Gasteiger partial charge in [0.15, 0.2) is 0 Å². The molecule has 4 N–H and O–H groups in total. The fourth-order valence-electron chi connectivity index (χ4n) is 2.50. The van der Waals surface area contributed by atoms with E-state index in [4.69, 9.17) is 15.6 Å². The van der Waals surface area contributed by atoms with E-state index in [0.29, 0.717) is 19.4 Å². The van der Waals surface area contributed by atoms with Crippen molar-refractivity contribution in [3.05, 3.63) is 71.8 Å². The minimum Gasteiger partial charge on any atom is -0.480 e. The minimum atomic E-state index is -1.02. The number of carboxylic acid groups (broad SMARTS) is 1. The lowest BCUT2D eigenvalue weighted by molar-refractivity contribution is -0.144. The number of carbonyl (C=O) groups is 3. The third kappa shape index (κ3) is 10.1. The first-order chi connectivity index (χ1) is 13.8. The van der Waals surface area contributed by atoms with Crippen molar-refractivity contribution in [3.63, 3.8) is 0 Å². The number of benzene rings is 2. The molecule has 0 radical (unpaired) electrons. The van der Waals surface area contributed by atoms with Crippen LogP contribution in [0.25, 0.3) is 0 Å². The second-order valence-electron chi connectivity index (χ2n) is 6.33. The Labute approximate surface area is 170 Å². The number of rotatable bonds is 8. The number of aliphatic carboxylic acids is 1. The summed E-state index contributed by atoms with van der Waals surface area (Å²) in [5.74, 6) is -1.69. The highest BCUT2D eigenvalue weighted by atomic mass is 16.5. The fourth-order valence-corrected chi connectivity index (χ4v) is 2.50. The summed E-state index contributed by atoms with van der Waals surface area (Å²) < 4.78 is 4.81. The number of ether oxygens (including phenoxy) is 1. The summed E-state index contributed by atoms with van der Waals surface area (Å²) in [5, 5.41) is 11.3. The quantitative estimate of drug-likeness (QED) is 0.583. The Hall–Kier alpha value is -3.19. The normalized spacial score (nSPS) is 12.0. The molecule has 7 heteroatoms. The van der Waals surface area contributed by atoms with Crippen LogP contribution in [-0.4, -0.2) is 41.6 Å². The molecular formula is C22H28N2O5. The highest BCUT2D eigenvalue weighted by molar-refractivity contribution is 5.82. The number of amides is 1. The summed E-state index contributed by atoms with van der Waals surface area (Å²) in [7, 11) is 0. The maximum absolute atomic E-state index is 11.2.